The Morgan fingerprint density at radius 3 is 2.70 bits per heavy atom. The molecule has 8 heteroatoms. The number of rotatable bonds is 4. The summed E-state index contributed by atoms with van der Waals surface area (Å²) in [6.07, 6.45) is 1.57. The van der Waals surface area contributed by atoms with Gasteiger partial charge in [-0.25, -0.2) is 18.8 Å². The van der Waals surface area contributed by atoms with E-state index >= 15 is 0 Å². The fourth-order valence-electron chi connectivity index (χ4n) is 3.55. The van der Waals surface area contributed by atoms with Crippen molar-refractivity contribution in [3.8, 4) is 0 Å². The molecular weight excluding hydrogens is 352 g/mol. The summed E-state index contributed by atoms with van der Waals surface area (Å²) in [5.74, 6) is -0.317. The average molecular weight is 373 g/mol. The second-order valence-electron chi connectivity index (χ2n) is 7.19. The summed E-state index contributed by atoms with van der Waals surface area (Å²) < 4.78 is 28.6. The minimum absolute atomic E-state index is 0.0828. The van der Waals surface area contributed by atoms with Crippen LogP contribution in [0.2, 0.25) is 0 Å². The molecule has 2 aliphatic heterocycles. The van der Waals surface area contributed by atoms with Crippen LogP contribution in [0.1, 0.15) is 36.8 Å². The molecule has 0 saturated heterocycles. The van der Waals surface area contributed by atoms with Crippen LogP contribution in [0.15, 0.2) is 29.5 Å². The van der Waals surface area contributed by atoms with Gasteiger partial charge in [0.2, 0.25) is 5.96 Å². The molecule has 0 saturated carbocycles. The standard InChI is InChI=1S/C19H21F2N5O/c1-4-25-18(27)16-17(26-9-15(11(2)3)23-19(25)26)24(10-22-16)8-12-5-6-13(20)14(21)7-12/h5-7,10-11,15H,4,8-9H2,1-3H3/t15-/m0/s1. The van der Waals surface area contributed by atoms with Gasteiger partial charge in [0.05, 0.1) is 25.5 Å². The first-order valence-corrected chi connectivity index (χ1v) is 9.07. The minimum atomic E-state index is -0.891. The largest absolute Gasteiger partial charge is 0.312 e. The molecule has 0 unspecified atom stereocenters. The number of carbonyl (C=O) groups excluding carboxylic acids is 1. The van der Waals surface area contributed by atoms with E-state index in [1.807, 2.05) is 11.8 Å². The van der Waals surface area contributed by atoms with E-state index in [2.05, 4.69) is 18.8 Å². The van der Waals surface area contributed by atoms with Crippen molar-refractivity contribution in [2.24, 2.45) is 10.9 Å². The van der Waals surface area contributed by atoms with Crippen LogP contribution >= 0.6 is 0 Å². The van der Waals surface area contributed by atoms with Gasteiger partial charge >= 0.3 is 0 Å². The van der Waals surface area contributed by atoms with Gasteiger partial charge in [0.1, 0.15) is 5.82 Å². The Bertz CT molecular complexity index is 936. The second kappa shape index (κ2) is 6.44. The number of aliphatic imine (C=N–C) groups is 1. The predicted molar refractivity (Wildman–Crippen MR) is 97.8 cm³/mol. The number of imidazole rings is 1. The molecular formula is C19H21F2N5O. The maximum atomic E-state index is 13.6. The first-order valence-electron chi connectivity index (χ1n) is 9.07. The Morgan fingerprint density at radius 1 is 1.26 bits per heavy atom. The SMILES string of the molecule is CCN1C(=O)c2ncn(Cc3ccc(F)c(F)c3)c2N2C[C@@H](C(C)C)N=C12. The molecule has 1 amide bonds. The monoisotopic (exact) mass is 373 g/mol. The van der Waals surface area contributed by atoms with Crippen molar-refractivity contribution in [3.63, 3.8) is 0 Å². The molecule has 2 aromatic rings. The first-order chi connectivity index (χ1) is 12.9. The predicted octanol–water partition coefficient (Wildman–Crippen LogP) is 2.89. The summed E-state index contributed by atoms with van der Waals surface area (Å²) in [5.41, 5.74) is 0.959. The van der Waals surface area contributed by atoms with Gasteiger partial charge in [-0.05, 0) is 30.5 Å². The maximum absolute atomic E-state index is 13.6. The Labute approximate surface area is 156 Å². The van der Waals surface area contributed by atoms with Crippen molar-refractivity contribution in [3.05, 3.63) is 47.4 Å². The molecule has 1 aromatic heterocycles. The molecule has 0 radical (unpaired) electrons. The minimum Gasteiger partial charge on any atom is -0.312 e. The van der Waals surface area contributed by atoms with Gasteiger partial charge in [0.25, 0.3) is 5.91 Å². The number of amides is 1. The normalized spacial score (nSPS) is 18.8. The Balaban J connectivity index is 1.75. The summed E-state index contributed by atoms with van der Waals surface area (Å²) in [7, 11) is 0. The number of anilines is 1. The topological polar surface area (TPSA) is 53.7 Å². The highest BCUT2D eigenvalue weighted by atomic mass is 19.2. The molecule has 2 aliphatic rings. The molecule has 142 valence electrons. The van der Waals surface area contributed by atoms with E-state index in [9.17, 15) is 13.6 Å². The molecule has 0 fully saturated rings. The van der Waals surface area contributed by atoms with Crippen molar-refractivity contribution >= 4 is 17.7 Å². The molecule has 0 N–H and O–H groups in total. The maximum Gasteiger partial charge on any atom is 0.283 e. The molecule has 0 bridgehead atoms. The van der Waals surface area contributed by atoms with Crippen LogP contribution in [0.3, 0.4) is 0 Å². The van der Waals surface area contributed by atoms with E-state index in [0.717, 1.165) is 6.07 Å². The molecule has 4 rings (SSSR count). The molecule has 0 aliphatic carbocycles. The number of aromatic nitrogens is 2. The Morgan fingerprint density at radius 2 is 2.04 bits per heavy atom. The van der Waals surface area contributed by atoms with Crippen LogP contribution in [-0.2, 0) is 6.54 Å². The molecule has 1 aromatic carbocycles. The van der Waals surface area contributed by atoms with Crippen molar-refractivity contribution in [2.75, 3.05) is 18.0 Å². The number of fused-ring (bicyclic) bond motifs is 3. The van der Waals surface area contributed by atoms with E-state index < -0.39 is 11.6 Å². The quantitative estimate of drug-likeness (QED) is 0.828. The van der Waals surface area contributed by atoms with E-state index in [4.69, 9.17) is 4.99 Å². The lowest BCUT2D eigenvalue weighted by Crippen LogP contribution is -2.50. The van der Waals surface area contributed by atoms with Gasteiger partial charge in [-0.3, -0.25) is 14.6 Å². The summed E-state index contributed by atoms with van der Waals surface area (Å²) in [6, 6.07) is 3.89. The van der Waals surface area contributed by atoms with Crippen LogP contribution in [0.5, 0.6) is 0 Å². The fraction of sp³-hybridized carbons (Fsp3) is 0.421. The van der Waals surface area contributed by atoms with E-state index in [-0.39, 0.29) is 18.5 Å². The number of benzene rings is 1. The van der Waals surface area contributed by atoms with Crippen molar-refractivity contribution < 1.29 is 13.6 Å². The number of halogens is 2. The summed E-state index contributed by atoms with van der Waals surface area (Å²) in [4.78, 5) is 25.6. The number of carbonyl (C=O) groups is 1. The van der Waals surface area contributed by atoms with Crippen LogP contribution in [-0.4, -0.2) is 45.4 Å². The fourth-order valence-corrected chi connectivity index (χ4v) is 3.55. The summed E-state index contributed by atoms with van der Waals surface area (Å²) >= 11 is 0. The Hall–Kier alpha value is -2.77. The number of nitrogens with zero attached hydrogens (tertiary/aromatic N) is 5. The van der Waals surface area contributed by atoms with Gasteiger partial charge in [-0.15, -0.1) is 0 Å². The highest BCUT2D eigenvalue weighted by Gasteiger charge is 2.42. The van der Waals surface area contributed by atoms with Crippen molar-refractivity contribution in [2.45, 2.75) is 33.4 Å². The van der Waals surface area contributed by atoms with Crippen molar-refractivity contribution in [1.29, 1.82) is 0 Å². The summed E-state index contributed by atoms with van der Waals surface area (Å²) in [5, 5.41) is 0. The van der Waals surface area contributed by atoms with Crippen molar-refractivity contribution in [1.82, 2.24) is 14.5 Å². The molecule has 1 atom stereocenters. The molecule has 3 heterocycles. The summed E-state index contributed by atoms with van der Waals surface area (Å²) in [6.45, 7) is 7.57. The van der Waals surface area contributed by atoms with Crippen LogP contribution in [0, 0.1) is 17.6 Å². The van der Waals surface area contributed by atoms with Crippen LogP contribution in [0.25, 0.3) is 0 Å². The van der Waals surface area contributed by atoms with Gasteiger partial charge < -0.3 is 4.57 Å². The van der Waals surface area contributed by atoms with E-state index in [1.54, 1.807) is 15.8 Å². The van der Waals surface area contributed by atoms with Gasteiger partial charge in [-0.2, -0.15) is 0 Å². The zero-order valence-electron chi connectivity index (χ0n) is 15.5. The molecule has 27 heavy (non-hydrogen) atoms. The third kappa shape index (κ3) is 2.79. The smallest absolute Gasteiger partial charge is 0.283 e. The first kappa shape index (κ1) is 17.6. The van der Waals surface area contributed by atoms with Crippen LogP contribution in [0.4, 0.5) is 14.6 Å². The lowest BCUT2D eigenvalue weighted by molar-refractivity contribution is 0.0841. The lowest BCUT2D eigenvalue weighted by atomic mass is 10.1. The molecule has 6 nitrogen and oxygen atoms in total. The molecule has 0 spiro atoms. The van der Waals surface area contributed by atoms with E-state index in [0.29, 0.717) is 42.0 Å². The Kier molecular flexibility index (Phi) is 4.20. The highest BCUT2D eigenvalue weighted by Crippen LogP contribution is 2.33. The van der Waals surface area contributed by atoms with E-state index in [1.165, 1.54) is 12.1 Å². The zero-order chi connectivity index (χ0) is 19.3. The highest BCUT2D eigenvalue weighted by molar-refractivity contribution is 6.18. The zero-order valence-corrected chi connectivity index (χ0v) is 15.5. The number of hydrogen-bond acceptors (Lipinski definition) is 4. The number of hydrogen-bond donors (Lipinski definition) is 0. The third-order valence-corrected chi connectivity index (χ3v) is 5.07. The second-order valence-corrected chi connectivity index (χ2v) is 7.19. The lowest BCUT2D eigenvalue weighted by Gasteiger charge is -2.33. The van der Waals surface area contributed by atoms with Gasteiger partial charge in [0, 0.05) is 6.54 Å². The third-order valence-electron chi connectivity index (χ3n) is 5.07. The number of guanidine groups is 1. The average Bonchev–Trinajstić information content (AvgIpc) is 3.23. The van der Waals surface area contributed by atoms with Gasteiger partial charge in [0.15, 0.2) is 17.3 Å². The van der Waals surface area contributed by atoms with Gasteiger partial charge in [-0.1, -0.05) is 19.9 Å². The van der Waals surface area contributed by atoms with Crippen LogP contribution < -0.4 is 4.90 Å².